The van der Waals surface area contributed by atoms with Gasteiger partial charge in [-0.15, -0.1) is 0 Å². The molecule has 0 saturated heterocycles. The minimum absolute atomic E-state index is 0.0738. The summed E-state index contributed by atoms with van der Waals surface area (Å²) in [5.74, 6) is 1.19. The molecule has 0 spiro atoms. The van der Waals surface area contributed by atoms with E-state index < -0.39 is 0 Å². The first-order valence-electron chi connectivity index (χ1n) is 6.16. The van der Waals surface area contributed by atoms with Crippen LogP contribution in [0.5, 0.6) is 5.75 Å². The van der Waals surface area contributed by atoms with Crippen LogP contribution in [0.4, 0.5) is 0 Å². The second-order valence-corrected chi connectivity index (χ2v) is 4.34. The predicted octanol–water partition coefficient (Wildman–Crippen LogP) is 1.70. The van der Waals surface area contributed by atoms with Crippen LogP contribution in [0.3, 0.4) is 0 Å². The Bertz CT molecular complexity index is 388. The van der Waals surface area contributed by atoms with Gasteiger partial charge in [0.05, 0.1) is 0 Å². The van der Waals surface area contributed by atoms with Crippen LogP contribution >= 0.6 is 0 Å². The summed E-state index contributed by atoms with van der Waals surface area (Å²) in [4.78, 5) is 0. The third-order valence-electron chi connectivity index (χ3n) is 2.65. The quantitative estimate of drug-likeness (QED) is 0.735. The maximum atomic E-state index is 8.80. The number of nitriles is 1. The molecule has 0 radical (unpaired) electrons. The average Bonchev–Trinajstić information content (AvgIpc) is 2.37. The second kappa shape index (κ2) is 8.51. The second-order valence-electron chi connectivity index (χ2n) is 4.34. The van der Waals surface area contributed by atoms with E-state index in [1.54, 1.807) is 0 Å². The lowest BCUT2D eigenvalue weighted by Crippen LogP contribution is -2.21. The van der Waals surface area contributed by atoms with Gasteiger partial charge >= 0.3 is 0 Å². The number of hydrogen-bond donors (Lipinski definition) is 2. The van der Waals surface area contributed by atoms with Crippen LogP contribution in [-0.4, -0.2) is 24.9 Å². The van der Waals surface area contributed by atoms with Crippen LogP contribution in [0, 0.1) is 17.2 Å². The fourth-order valence-corrected chi connectivity index (χ4v) is 1.65. The Morgan fingerprint density at radius 2 is 2.33 bits per heavy atom. The predicted molar refractivity (Wildman–Crippen MR) is 70.1 cm³/mol. The van der Waals surface area contributed by atoms with Crippen molar-refractivity contribution in [2.24, 2.45) is 5.92 Å². The molecule has 1 aromatic rings. The maximum absolute atomic E-state index is 8.80. The lowest BCUT2D eigenvalue weighted by atomic mass is 10.1. The number of hydrogen-bond acceptors (Lipinski definition) is 4. The van der Waals surface area contributed by atoms with Crippen molar-refractivity contribution in [2.75, 3.05) is 19.8 Å². The normalized spacial score (nSPS) is 11.8. The van der Waals surface area contributed by atoms with Crippen molar-refractivity contribution in [1.29, 1.82) is 5.26 Å². The average molecular weight is 248 g/mol. The molecule has 0 fully saturated rings. The van der Waals surface area contributed by atoms with Crippen molar-refractivity contribution >= 4 is 0 Å². The first-order valence-corrected chi connectivity index (χ1v) is 6.16. The third-order valence-corrected chi connectivity index (χ3v) is 2.65. The number of nitrogens with one attached hydrogen (secondary N) is 1. The van der Waals surface area contributed by atoms with E-state index in [4.69, 9.17) is 15.1 Å². The number of benzene rings is 1. The van der Waals surface area contributed by atoms with Crippen LogP contribution in [-0.2, 0) is 6.54 Å². The van der Waals surface area contributed by atoms with Gasteiger partial charge in [-0.25, -0.2) is 0 Å². The van der Waals surface area contributed by atoms with Crippen LogP contribution < -0.4 is 10.1 Å². The molecular formula is C14H20N2O2. The summed E-state index contributed by atoms with van der Waals surface area (Å²) in [6.07, 6.45) is 0.818. The van der Waals surface area contributed by atoms with Gasteiger partial charge in [0.2, 0.25) is 0 Å². The summed E-state index contributed by atoms with van der Waals surface area (Å²) in [6, 6.07) is 9.65. The topological polar surface area (TPSA) is 65.3 Å². The van der Waals surface area contributed by atoms with Gasteiger partial charge in [-0.05, 0) is 36.6 Å². The Morgan fingerprint density at radius 3 is 3.06 bits per heavy atom. The zero-order chi connectivity index (χ0) is 13.2. The van der Waals surface area contributed by atoms with Crippen LogP contribution in [0.2, 0.25) is 0 Å². The van der Waals surface area contributed by atoms with E-state index in [1.807, 2.05) is 30.3 Å². The number of rotatable bonds is 8. The van der Waals surface area contributed by atoms with Crippen LogP contribution in [0.1, 0.15) is 18.9 Å². The van der Waals surface area contributed by atoms with E-state index in [2.05, 4.69) is 12.2 Å². The highest BCUT2D eigenvalue weighted by Crippen LogP contribution is 2.13. The number of nitrogens with zero attached hydrogens (tertiary/aromatic N) is 1. The van der Waals surface area contributed by atoms with Crippen molar-refractivity contribution in [2.45, 2.75) is 19.9 Å². The zero-order valence-electron chi connectivity index (χ0n) is 10.7. The number of aliphatic hydroxyl groups excluding tert-OH is 1. The monoisotopic (exact) mass is 248 g/mol. The van der Waals surface area contributed by atoms with Gasteiger partial charge in [-0.3, -0.25) is 0 Å². The highest BCUT2D eigenvalue weighted by atomic mass is 16.5. The Morgan fingerprint density at radius 1 is 1.50 bits per heavy atom. The largest absolute Gasteiger partial charge is 0.479 e. The summed E-state index contributed by atoms with van der Waals surface area (Å²) < 4.78 is 5.24. The van der Waals surface area contributed by atoms with Crippen LogP contribution in [0.15, 0.2) is 24.3 Å². The van der Waals surface area contributed by atoms with Crippen molar-refractivity contribution in [3.8, 4) is 11.8 Å². The molecule has 1 unspecified atom stereocenters. The molecule has 0 aliphatic rings. The van der Waals surface area contributed by atoms with Gasteiger partial charge in [0, 0.05) is 13.2 Å². The molecule has 1 aromatic carbocycles. The first kappa shape index (κ1) is 14.5. The summed E-state index contributed by atoms with van der Waals surface area (Å²) >= 11 is 0. The molecule has 1 atom stereocenters. The molecule has 0 heterocycles. The van der Waals surface area contributed by atoms with Crippen molar-refractivity contribution in [3.63, 3.8) is 0 Å². The van der Waals surface area contributed by atoms with Gasteiger partial charge in [-0.2, -0.15) is 5.26 Å². The molecule has 98 valence electrons. The van der Waals surface area contributed by atoms with E-state index in [9.17, 15) is 0 Å². The van der Waals surface area contributed by atoms with E-state index in [1.165, 1.54) is 0 Å². The summed E-state index contributed by atoms with van der Waals surface area (Å²) in [6.45, 7) is 4.06. The Kier molecular flexibility index (Phi) is 6.85. The molecule has 0 aliphatic heterocycles. The highest BCUT2D eigenvalue weighted by Gasteiger charge is 2.01. The summed E-state index contributed by atoms with van der Waals surface area (Å²) in [5, 5.41) is 20.6. The molecule has 0 saturated carbocycles. The molecule has 0 aromatic heterocycles. The zero-order valence-corrected chi connectivity index (χ0v) is 10.7. The van der Waals surface area contributed by atoms with Gasteiger partial charge in [0.1, 0.15) is 11.8 Å². The minimum atomic E-state index is 0.0738. The van der Waals surface area contributed by atoms with Gasteiger partial charge in [0.25, 0.3) is 0 Å². The SMILES string of the molecule is CC(CCO)CNCc1cccc(OCC#N)c1. The molecule has 0 amide bonds. The molecule has 18 heavy (non-hydrogen) atoms. The van der Waals surface area contributed by atoms with E-state index in [-0.39, 0.29) is 13.2 Å². The Balaban J connectivity index is 2.35. The Hall–Kier alpha value is -1.57. The molecule has 4 nitrogen and oxygen atoms in total. The molecular weight excluding hydrogens is 228 g/mol. The molecule has 0 bridgehead atoms. The van der Waals surface area contributed by atoms with Crippen molar-refractivity contribution in [3.05, 3.63) is 29.8 Å². The number of aliphatic hydroxyl groups is 1. The van der Waals surface area contributed by atoms with Gasteiger partial charge in [-0.1, -0.05) is 19.1 Å². The smallest absolute Gasteiger partial charge is 0.174 e. The lowest BCUT2D eigenvalue weighted by Gasteiger charge is -2.11. The maximum Gasteiger partial charge on any atom is 0.174 e. The molecule has 2 N–H and O–H groups in total. The standard InChI is InChI=1S/C14H20N2O2/c1-12(5-7-17)10-16-11-13-3-2-4-14(9-13)18-8-6-15/h2-4,9,12,16-17H,5,7-8,10-11H2,1H3. The minimum Gasteiger partial charge on any atom is -0.479 e. The Labute approximate surface area is 108 Å². The third kappa shape index (κ3) is 5.67. The van der Waals surface area contributed by atoms with Gasteiger partial charge < -0.3 is 15.2 Å². The summed E-state index contributed by atoms with van der Waals surface area (Å²) in [7, 11) is 0. The van der Waals surface area contributed by atoms with E-state index in [0.717, 1.165) is 30.8 Å². The van der Waals surface area contributed by atoms with E-state index >= 15 is 0 Å². The lowest BCUT2D eigenvalue weighted by molar-refractivity contribution is 0.260. The fourth-order valence-electron chi connectivity index (χ4n) is 1.65. The molecule has 0 aliphatic carbocycles. The van der Waals surface area contributed by atoms with Crippen LogP contribution in [0.25, 0.3) is 0 Å². The summed E-state index contributed by atoms with van der Waals surface area (Å²) in [5.41, 5.74) is 1.13. The first-order chi connectivity index (χ1) is 8.76. The molecule has 4 heteroatoms. The van der Waals surface area contributed by atoms with Crippen molar-refractivity contribution in [1.82, 2.24) is 5.32 Å². The van der Waals surface area contributed by atoms with Gasteiger partial charge in [0.15, 0.2) is 6.61 Å². The number of ether oxygens (including phenoxy) is 1. The molecule has 1 rings (SSSR count). The van der Waals surface area contributed by atoms with E-state index in [0.29, 0.717) is 5.92 Å². The fraction of sp³-hybridized carbons (Fsp3) is 0.500. The highest BCUT2D eigenvalue weighted by molar-refractivity contribution is 5.28. The van der Waals surface area contributed by atoms with Crippen molar-refractivity contribution < 1.29 is 9.84 Å².